The van der Waals surface area contributed by atoms with E-state index in [-0.39, 0.29) is 17.1 Å². The van der Waals surface area contributed by atoms with Gasteiger partial charge in [-0.3, -0.25) is 0 Å². The Morgan fingerprint density at radius 1 is 1.45 bits per heavy atom. The van der Waals surface area contributed by atoms with Gasteiger partial charge in [0, 0.05) is 4.47 Å². The fourth-order valence-electron chi connectivity index (χ4n) is 2.32. The fourth-order valence-corrected chi connectivity index (χ4v) is 3.07. The van der Waals surface area contributed by atoms with Gasteiger partial charge >= 0.3 is 5.82 Å². The number of rotatable bonds is 2. The number of aromatic nitrogens is 2. The van der Waals surface area contributed by atoms with Crippen LogP contribution in [0.15, 0.2) is 28.9 Å². The second-order valence-electron chi connectivity index (χ2n) is 4.39. The van der Waals surface area contributed by atoms with E-state index in [2.05, 4.69) is 36.8 Å². The van der Waals surface area contributed by atoms with Gasteiger partial charge in [-0.1, -0.05) is 46.2 Å². The lowest BCUT2D eigenvalue weighted by molar-refractivity contribution is 0.198. The Kier molecular flexibility index (Phi) is 3.60. The quantitative estimate of drug-likeness (QED) is 0.748. The Hall–Kier alpha value is -1.64. The normalized spacial score (nSPS) is 16.6. The van der Waals surface area contributed by atoms with E-state index in [0.29, 0.717) is 5.88 Å². The van der Waals surface area contributed by atoms with Crippen molar-refractivity contribution >= 4 is 33.3 Å². The summed E-state index contributed by atoms with van der Waals surface area (Å²) in [6.07, 6.45) is 3.24. The van der Waals surface area contributed by atoms with Crippen molar-refractivity contribution in [2.75, 3.05) is 0 Å². The third-order valence-corrected chi connectivity index (χ3v) is 4.21. The van der Waals surface area contributed by atoms with Gasteiger partial charge in [-0.05, 0) is 30.0 Å². The molecule has 1 aliphatic carbocycles. The van der Waals surface area contributed by atoms with Gasteiger partial charge in [0.1, 0.15) is 6.10 Å². The highest BCUT2D eigenvalue weighted by Crippen LogP contribution is 2.38. The molecule has 0 fully saturated rings. The van der Waals surface area contributed by atoms with Crippen LogP contribution in [-0.4, -0.2) is 9.97 Å². The first-order valence-electron chi connectivity index (χ1n) is 6.03. The number of benzene rings is 1. The van der Waals surface area contributed by atoms with Crippen LogP contribution < -0.4 is 4.74 Å². The second-order valence-corrected chi connectivity index (χ2v) is 5.60. The Morgan fingerprint density at radius 3 is 3.05 bits per heavy atom. The lowest BCUT2D eigenvalue weighted by Crippen LogP contribution is -2.05. The van der Waals surface area contributed by atoms with E-state index in [1.165, 1.54) is 11.8 Å². The molecule has 0 unspecified atom stereocenters. The predicted octanol–water partition coefficient (Wildman–Crippen LogP) is 4.51. The summed E-state index contributed by atoms with van der Waals surface area (Å²) in [7, 11) is 0. The van der Waals surface area contributed by atoms with Crippen molar-refractivity contribution in [2.45, 2.75) is 18.9 Å². The van der Waals surface area contributed by atoms with Crippen LogP contribution in [0.25, 0.3) is 4.85 Å². The maximum absolute atomic E-state index is 6.89. The molecule has 0 bridgehead atoms. The van der Waals surface area contributed by atoms with E-state index < -0.39 is 0 Å². The van der Waals surface area contributed by atoms with Crippen molar-refractivity contribution in [3.63, 3.8) is 0 Å². The van der Waals surface area contributed by atoms with Gasteiger partial charge < -0.3 is 9.58 Å². The van der Waals surface area contributed by atoms with Crippen LogP contribution in [0.2, 0.25) is 5.15 Å². The summed E-state index contributed by atoms with van der Waals surface area (Å²) >= 11 is 9.42. The van der Waals surface area contributed by atoms with Crippen molar-refractivity contribution < 1.29 is 4.74 Å². The van der Waals surface area contributed by atoms with Gasteiger partial charge in [-0.25, -0.2) is 4.98 Å². The number of nitrogens with zero attached hydrogens (tertiary/aromatic N) is 3. The van der Waals surface area contributed by atoms with Gasteiger partial charge in [0.05, 0.1) is 0 Å². The third kappa shape index (κ3) is 2.37. The van der Waals surface area contributed by atoms with Crippen LogP contribution in [-0.2, 0) is 6.42 Å². The maximum Gasteiger partial charge on any atom is 0.307 e. The fraction of sp³-hybridized carbons (Fsp3) is 0.214. The molecule has 6 heteroatoms. The maximum atomic E-state index is 6.89. The van der Waals surface area contributed by atoms with Crippen LogP contribution in [0.3, 0.4) is 0 Å². The Morgan fingerprint density at radius 2 is 2.30 bits per heavy atom. The standard InChI is InChI=1S/C14H9BrClN3O/c1-17-14-13(16)19-12(7-18-14)20-11-6-5-8-9(11)3-2-4-10(8)15/h2-4,7,11H,5-6H2/t11-/m0/s1. The first-order chi connectivity index (χ1) is 9.69. The van der Waals surface area contributed by atoms with Gasteiger partial charge in [-0.15, -0.1) is 4.98 Å². The molecule has 1 atom stereocenters. The summed E-state index contributed by atoms with van der Waals surface area (Å²) < 4.78 is 6.96. The highest BCUT2D eigenvalue weighted by Gasteiger charge is 2.26. The summed E-state index contributed by atoms with van der Waals surface area (Å²) in [5.74, 6) is 0.439. The Bertz CT molecular complexity index is 714. The van der Waals surface area contributed by atoms with Crippen molar-refractivity contribution in [2.24, 2.45) is 0 Å². The summed E-state index contributed by atoms with van der Waals surface area (Å²) in [5, 5.41) is 0.0740. The SMILES string of the molecule is [C-]#[N+]c1ncc(O[C@H]2CCc3c(Br)cccc32)nc1Cl. The number of fused-ring (bicyclic) bond motifs is 1. The minimum atomic E-state index is -0.0494. The molecule has 2 aromatic rings. The largest absolute Gasteiger partial charge is 0.467 e. The smallest absolute Gasteiger partial charge is 0.307 e. The molecule has 100 valence electrons. The Balaban J connectivity index is 1.86. The molecular formula is C14H9BrClN3O. The number of hydrogen-bond acceptors (Lipinski definition) is 3. The first kappa shape index (κ1) is 13.3. The summed E-state index contributed by atoms with van der Waals surface area (Å²) in [4.78, 5) is 11.2. The minimum Gasteiger partial charge on any atom is -0.467 e. The first-order valence-corrected chi connectivity index (χ1v) is 7.20. The molecule has 0 spiro atoms. The predicted molar refractivity (Wildman–Crippen MR) is 79.1 cm³/mol. The molecule has 0 saturated carbocycles. The van der Waals surface area contributed by atoms with Gasteiger partial charge in [0.25, 0.3) is 5.88 Å². The molecule has 1 aromatic heterocycles. The highest BCUT2D eigenvalue weighted by molar-refractivity contribution is 9.10. The molecule has 0 N–H and O–H groups in total. The number of hydrogen-bond donors (Lipinski definition) is 0. The summed E-state index contributed by atoms with van der Waals surface area (Å²) in [5.41, 5.74) is 2.43. The zero-order valence-electron chi connectivity index (χ0n) is 10.3. The molecule has 0 saturated heterocycles. The van der Waals surface area contributed by atoms with Gasteiger partial charge in [0.2, 0.25) is 0 Å². The van der Waals surface area contributed by atoms with Crippen LogP contribution in [0, 0.1) is 6.57 Å². The van der Waals surface area contributed by atoms with E-state index in [1.807, 2.05) is 12.1 Å². The van der Waals surface area contributed by atoms with Crippen LogP contribution >= 0.6 is 27.5 Å². The van der Waals surface area contributed by atoms with Gasteiger partial charge in [-0.2, -0.15) is 0 Å². The third-order valence-electron chi connectivity index (χ3n) is 3.22. The molecule has 4 nitrogen and oxygen atoms in total. The molecule has 3 rings (SSSR count). The van der Waals surface area contributed by atoms with Crippen LogP contribution in [0.4, 0.5) is 5.82 Å². The van der Waals surface area contributed by atoms with E-state index in [1.54, 1.807) is 0 Å². The van der Waals surface area contributed by atoms with Crippen molar-refractivity contribution in [3.8, 4) is 5.88 Å². The molecule has 1 aromatic carbocycles. The van der Waals surface area contributed by atoms with E-state index >= 15 is 0 Å². The summed E-state index contributed by atoms with van der Waals surface area (Å²) in [6, 6.07) is 6.08. The average Bonchev–Trinajstić information content (AvgIpc) is 2.84. The van der Waals surface area contributed by atoms with E-state index in [4.69, 9.17) is 22.9 Å². The molecule has 20 heavy (non-hydrogen) atoms. The lowest BCUT2D eigenvalue weighted by Gasteiger charge is -2.13. The Labute approximate surface area is 129 Å². The van der Waals surface area contributed by atoms with Gasteiger partial charge in [0.15, 0.2) is 11.3 Å². The number of halogens is 2. The monoisotopic (exact) mass is 349 g/mol. The number of ether oxygens (including phenoxy) is 1. The molecule has 0 aliphatic heterocycles. The van der Waals surface area contributed by atoms with Crippen molar-refractivity contribution in [1.29, 1.82) is 0 Å². The summed E-state index contributed by atoms with van der Waals surface area (Å²) in [6.45, 7) is 6.89. The topological polar surface area (TPSA) is 39.4 Å². The molecule has 0 radical (unpaired) electrons. The zero-order valence-corrected chi connectivity index (χ0v) is 12.6. The highest BCUT2D eigenvalue weighted by atomic mass is 79.9. The molecule has 1 heterocycles. The van der Waals surface area contributed by atoms with Crippen LogP contribution in [0.1, 0.15) is 23.7 Å². The molecular weight excluding hydrogens is 342 g/mol. The minimum absolute atomic E-state index is 0.0494. The second kappa shape index (κ2) is 5.39. The average molecular weight is 351 g/mol. The van der Waals surface area contributed by atoms with Crippen molar-refractivity contribution in [3.05, 3.63) is 56.6 Å². The molecule has 1 aliphatic rings. The lowest BCUT2D eigenvalue weighted by atomic mass is 10.1. The zero-order chi connectivity index (χ0) is 14.1. The van der Waals surface area contributed by atoms with E-state index in [9.17, 15) is 0 Å². The molecule has 0 amide bonds. The van der Waals surface area contributed by atoms with Crippen LogP contribution in [0.5, 0.6) is 5.88 Å². The van der Waals surface area contributed by atoms with Crippen molar-refractivity contribution in [1.82, 2.24) is 9.97 Å². The van der Waals surface area contributed by atoms with E-state index in [0.717, 1.165) is 22.9 Å².